The average Bonchev–Trinajstić information content (AvgIpc) is 2.06. The largest absolute Gasteiger partial charge is 0.780 e. The molecule has 1 aromatic carbocycles. The molecule has 6 heteroatoms. The minimum Gasteiger partial charge on any atom is -0.780 e. The van der Waals surface area contributed by atoms with E-state index in [2.05, 4.69) is 4.52 Å². The Hall–Kier alpha value is -0.870. The molecule has 0 saturated heterocycles. The predicted molar refractivity (Wildman–Crippen MR) is 45.4 cm³/mol. The number of hydrogen-bond acceptors (Lipinski definition) is 5. The lowest BCUT2D eigenvalue weighted by atomic mass is 10.2. The van der Waals surface area contributed by atoms with E-state index in [1.54, 1.807) is 19.2 Å². The Morgan fingerprint density at radius 1 is 1.29 bits per heavy atom. The van der Waals surface area contributed by atoms with E-state index in [9.17, 15) is 14.4 Å². The van der Waals surface area contributed by atoms with Gasteiger partial charge in [0, 0.05) is 7.11 Å². The number of benzene rings is 1. The summed E-state index contributed by atoms with van der Waals surface area (Å²) >= 11 is 0. The summed E-state index contributed by atoms with van der Waals surface area (Å²) in [6.45, 7) is 0.423. The molecular weight excluding hydrogens is 207 g/mol. The van der Waals surface area contributed by atoms with Crippen molar-refractivity contribution in [1.82, 2.24) is 0 Å². The van der Waals surface area contributed by atoms with Gasteiger partial charge in [-0.1, -0.05) is 12.1 Å². The first-order chi connectivity index (χ1) is 6.51. The summed E-state index contributed by atoms with van der Waals surface area (Å²) in [7, 11) is -3.40. The first kappa shape index (κ1) is 11.2. The zero-order valence-corrected chi connectivity index (χ0v) is 8.40. The lowest BCUT2D eigenvalue weighted by Crippen LogP contribution is -2.18. The molecule has 0 bridgehead atoms. The van der Waals surface area contributed by atoms with Crippen LogP contribution in [-0.4, -0.2) is 7.11 Å². The highest BCUT2D eigenvalue weighted by Gasteiger charge is 1.96. The molecule has 0 amide bonds. The molecule has 0 aliphatic carbocycles. The zero-order chi connectivity index (χ0) is 10.6. The van der Waals surface area contributed by atoms with E-state index in [1.165, 1.54) is 12.1 Å². The molecule has 78 valence electrons. The fraction of sp³-hybridized carbons (Fsp3) is 0.250. The van der Waals surface area contributed by atoms with Crippen LogP contribution in [0.2, 0.25) is 0 Å². The summed E-state index contributed by atoms with van der Waals surface area (Å²) in [6.07, 6.45) is 0. The molecule has 0 aliphatic rings. The lowest BCUT2D eigenvalue weighted by Gasteiger charge is -2.28. The summed E-state index contributed by atoms with van der Waals surface area (Å²) < 4.78 is 19.2. The van der Waals surface area contributed by atoms with Crippen LogP contribution in [0.1, 0.15) is 5.56 Å². The van der Waals surface area contributed by atoms with E-state index in [0.717, 1.165) is 5.56 Å². The number of phosphoric acid groups is 1. The molecule has 1 rings (SSSR count). The fourth-order valence-electron chi connectivity index (χ4n) is 0.942. The fourth-order valence-corrected chi connectivity index (χ4v) is 1.32. The van der Waals surface area contributed by atoms with Crippen LogP contribution in [0, 0.1) is 0 Å². The molecule has 0 N–H and O–H groups in total. The smallest absolute Gasteiger partial charge is 0.124 e. The second kappa shape index (κ2) is 4.57. The van der Waals surface area contributed by atoms with Gasteiger partial charge in [0.15, 0.2) is 0 Å². The first-order valence-corrected chi connectivity index (χ1v) is 5.27. The maximum absolute atomic E-state index is 10.2. The van der Waals surface area contributed by atoms with Crippen LogP contribution in [0.15, 0.2) is 24.3 Å². The van der Waals surface area contributed by atoms with Crippen molar-refractivity contribution in [2.45, 2.75) is 6.61 Å². The van der Waals surface area contributed by atoms with Gasteiger partial charge in [0.1, 0.15) is 13.6 Å². The van der Waals surface area contributed by atoms with Gasteiger partial charge in [-0.15, -0.1) is 0 Å². The molecular formula is C8H9O5P-2. The van der Waals surface area contributed by atoms with Gasteiger partial charge in [0.05, 0.1) is 6.61 Å². The Morgan fingerprint density at radius 2 is 1.86 bits per heavy atom. The molecule has 0 saturated carbocycles. The molecule has 0 heterocycles. The van der Waals surface area contributed by atoms with Gasteiger partial charge < -0.3 is 23.6 Å². The number of hydrogen-bond donors (Lipinski definition) is 0. The molecule has 0 spiro atoms. The van der Waals surface area contributed by atoms with Gasteiger partial charge in [0.2, 0.25) is 0 Å². The van der Waals surface area contributed by atoms with Gasteiger partial charge in [-0.3, -0.25) is 0 Å². The van der Waals surface area contributed by atoms with E-state index in [-0.39, 0.29) is 5.75 Å². The van der Waals surface area contributed by atoms with Crippen LogP contribution >= 0.6 is 7.82 Å². The van der Waals surface area contributed by atoms with Crippen molar-refractivity contribution in [2.75, 3.05) is 7.11 Å². The number of phosphoric ester groups is 1. The molecule has 5 nitrogen and oxygen atoms in total. The Morgan fingerprint density at radius 3 is 2.29 bits per heavy atom. The third kappa shape index (κ3) is 3.89. The summed E-state index contributed by atoms with van der Waals surface area (Å²) in [4.78, 5) is 20.5. The summed E-state index contributed by atoms with van der Waals surface area (Å²) in [5.74, 6) is 0.0122. The minimum absolute atomic E-state index is 0.0122. The van der Waals surface area contributed by atoms with Crippen LogP contribution in [-0.2, 0) is 15.9 Å². The standard InChI is InChI=1S/C8H11O5P/c1-12-6-7-2-4-8(5-3-7)13-14(9,10)11/h2-5H,6H2,1H3,(H2,9,10,11)/p-2. The second-order valence-electron chi connectivity index (χ2n) is 2.62. The second-order valence-corrected chi connectivity index (χ2v) is 3.69. The minimum atomic E-state index is -4.95. The van der Waals surface area contributed by atoms with Crippen molar-refractivity contribution >= 4 is 7.82 Å². The van der Waals surface area contributed by atoms with Gasteiger partial charge in [0.25, 0.3) is 0 Å². The summed E-state index contributed by atoms with van der Waals surface area (Å²) in [5, 5.41) is 0. The van der Waals surface area contributed by atoms with Gasteiger partial charge in [-0.2, -0.15) is 0 Å². The molecule has 0 aromatic heterocycles. The van der Waals surface area contributed by atoms with Crippen LogP contribution in [0.3, 0.4) is 0 Å². The van der Waals surface area contributed by atoms with E-state index < -0.39 is 7.82 Å². The third-order valence-corrected chi connectivity index (χ3v) is 1.89. The van der Waals surface area contributed by atoms with E-state index in [1.807, 2.05) is 0 Å². The highest BCUT2D eigenvalue weighted by atomic mass is 31.2. The Bertz CT molecular complexity index is 328. The monoisotopic (exact) mass is 216 g/mol. The van der Waals surface area contributed by atoms with Crippen molar-refractivity contribution < 1.29 is 23.6 Å². The highest BCUT2D eigenvalue weighted by molar-refractivity contribution is 7.43. The SMILES string of the molecule is COCc1ccc(OP(=O)([O-])[O-])cc1. The first-order valence-electron chi connectivity index (χ1n) is 3.81. The maximum atomic E-state index is 10.2. The van der Waals surface area contributed by atoms with Crippen molar-refractivity contribution in [2.24, 2.45) is 0 Å². The Labute approximate surface area is 81.5 Å². The van der Waals surface area contributed by atoms with Crippen molar-refractivity contribution in [3.8, 4) is 5.75 Å². The highest BCUT2D eigenvalue weighted by Crippen LogP contribution is 2.28. The van der Waals surface area contributed by atoms with Gasteiger partial charge >= 0.3 is 0 Å². The van der Waals surface area contributed by atoms with Crippen molar-refractivity contribution in [3.63, 3.8) is 0 Å². The topological polar surface area (TPSA) is 81.7 Å². The molecule has 0 radical (unpaired) electrons. The van der Waals surface area contributed by atoms with E-state index in [4.69, 9.17) is 4.74 Å². The Kier molecular flexibility index (Phi) is 3.66. The lowest BCUT2D eigenvalue weighted by molar-refractivity contribution is -0.333. The van der Waals surface area contributed by atoms with Gasteiger partial charge in [-0.05, 0) is 17.7 Å². The average molecular weight is 216 g/mol. The van der Waals surface area contributed by atoms with Crippen molar-refractivity contribution in [3.05, 3.63) is 29.8 Å². The molecule has 14 heavy (non-hydrogen) atoms. The van der Waals surface area contributed by atoms with E-state index in [0.29, 0.717) is 6.61 Å². The molecule has 0 fully saturated rings. The van der Waals surface area contributed by atoms with Crippen LogP contribution in [0.4, 0.5) is 0 Å². The number of ether oxygens (including phenoxy) is 1. The predicted octanol–water partition coefficient (Wildman–Crippen LogP) is 0.0405. The van der Waals surface area contributed by atoms with Gasteiger partial charge in [-0.25, -0.2) is 0 Å². The van der Waals surface area contributed by atoms with Crippen LogP contribution in [0.25, 0.3) is 0 Å². The maximum Gasteiger partial charge on any atom is 0.124 e. The Balaban J connectivity index is 2.69. The number of methoxy groups -OCH3 is 1. The van der Waals surface area contributed by atoms with E-state index >= 15 is 0 Å². The van der Waals surface area contributed by atoms with Crippen LogP contribution in [0.5, 0.6) is 5.75 Å². The third-order valence-electron chi connectivity index (χ3n) is 1.45. The quantitative estimate of drug-likeness (QED) is 0.663. The van der Waals surface area contributed by atoms with Crippen molar-refractivity contribution in [1.29, 1.82) is 0 Å². The molecule has 0 unspecified atom stereocenters. The summed E-state index contributed by atoms with van der Waals surface area (Å²) in [5.41, 5.74) is 0.867. The molecule has 0 aliphatic heterocycles. The van der Waals surface area contributed by atoms with Crippen LogP contribution < -0.4 is 14.3 Å². The zero-order valence-electron chi connectivity index (χ0n) is 7.50. The number of rotatable bonds is 4. The summed E-state index contributed by atoms with van der Waals surface area (Å²) in [6, 6.07) is 6.04. The normalized spacial score (nSPS) is 11.4. The molecule has 1 aromatic rings. The molecule has 0 atom stereocenters.